The summed E-state index contributed by atoms with van der Waals surface area (Å²) in [7, 11) is 1.55. The maximum Gasteiger partial charge on any atom is 0.249 e. The summed E-state index contributed by atoms with van der Waals surface area (Å²) in [5, 5.41) is 0. The maximum atomic E-state index is 13.1. The summed E-state index contributed by atoms with van der Waals surface area (Å²) in [6, 6.07) is 0.0255. The van der Waals surface area contributed by atoms with Gasteiger partial charge in [-0.3, -0.25) is 14.5 Å². The van der Waals surface area contributed by atoms with Crippen LogP contribution in [0.3, 0.4) is 0 Å². The lowest BCUT2D eigenvalue weighted by Crippen LogP contribution is -2.60. The Morgan fingerprint density at radius 2 is 2.07 bits per heavy atom. The lowest BCUT2D eigenvalue weighted by atomic mass is 9.78. The van der Waals surface area contributed by atoms with E-state index in [0.29, 0.717) is 19.6 Å². The van der Waals surface area contributed by atoms with Gasteiger partial charge in [-0.25, -0.2) is 4.98 Å². The van der Waals surface area contributed by atoms with Crippen LogP contribution in [0.15, 0.2) is 6.33 Å². The van der Waals surface area contributed by atoms with E-state index in [0.717, 1.165) is 56.6 Å². The van der Waals surface area contributed by atoms with E-state index in [9.17, 15) is 9.59 Å². The molecule has 4 rings (SSSR count). The average Bonchev–Trinajstić information content (AvgIpc) is 3.38. The van der Waals surface area contributed by atoms with Crippen molar-refractivity contribution in [1.29, 1.82) is 0 Å². The number of carbonyl (C=O) groups is 2. The van der Waals surface area contributed by atoms with Gasteiger partial charge in [0.25, 0.3) is 0 Å². The Balaban J connectivity index is 1.53. The van der Waals surface area contributed by atoms with E-state index < -0.39 is 5.54 Å². The van der Waals surface area contributed by atoms with Gasteiger partial charge in [-0.15, -0.1) is 0 Å². The van der Waals surface area contributed by atoms with Gasteiger partial charge in [0.2, 0.25) is 11.8 Å². The second-order valence-corrected chi connectivity index (χ2v) is 8.10. The molecule has 154 valence electrons. The zero-order valence-electron chi connectivity index (χ0n) is 16.9. The number of nitrogens with one attached hydrogen (secondary N) is 1. The number of aromatic amines is 1. The number of likely N-dealkylation sites (N-methyl/N-ethyl adjacent to an activating group) is 1. The number of fused-ring (bicyclic) bond motifs is 2. The molecule has 0 aliphatic carbocycles. The van der Waals surface area contributed by atoms with Crippen LogP contribution in [0.2, 0.25) is 0 Å². The second kappa shape index (κ2) is 7.83. The van der Waals surface area contributed by atoms with E-state index in [4.69, 9.17) is 4.74 Å². The smallest absolute Gasteiger partial charge is 0.249 e. The van der Waals surface area contributed by atoms with E-state index in [2.05, 4.69) is 21.8 Å². The van der Waals surface area contributed by atoms with Crippen LogP contribution < -0.4 is 0 Å². The Morgan fingerprint density at radius 3 is 2.79 bits per heavy atom. The maximum absolute atomic E-state index is 13.1. The molecule has 0 radical (unpaired) electrons. The number of H-pyrrole nitrogens is 1. The first-order valence-corrected chi connectivity index (χ1v) is 10.5. The van der Waals surface area contributed by atoms with Crippen LogP contribution in [0.4, 0.5) is 0 Å². The second-order valence-electron chi connectivity index (χ2n) is 8.10. The Labute approximate surface area is 166 Å². The molecule has 0 saturated carbocycles. The third-order valence-corrected chi connectivity index (χ3v) is 6.79. The van der Waals surface area contributed by atoms with Crippen LogP contribution in [0, 0.1) is 0 Å². The zero-order chi connectivity index (χ0) is 19.7. The molecule has 1 atom stereocenters. The van der Waals surface area contributed by atoms with Crippen molar-refractivity contribution in [2.75, 3.05) is 46.4 Å². The molecule has 1 aromatic rings. The molecule has 1 spiro atoms. The van der Waals surface area contributed by atoms with Crippen molar-refractivity contribution in [3.8, 4) is 0 Å². The number of hydrogen-bond donors (Lipinski definition) is 1. The molecule has 0 unspecified atom stereocenters. The van der Waals surface area contributed by atoms with Crippen LogP contribution in [-0.2, 0) is 26.3 Å². The van der Waals surface area contributed by atoms with Gasteiger partial charge < -0.3 is 19.5 Å². The number of amides is 2. The number of rotatable bonds is 4. The molecule has 2 saturated heterocycles. The van der Waals surface area contributed by atoms with E-state index in [1.165, 1.54) is 0 Å². The first-order chi connectivity index (χ1) is 13.6. The molecule has 4 heterocycles. The van der Waals surface area contributed by atoms with Gasteiger partial charge in [-0.1, -0.05) is 6.92 Å². The van der Waals surface area contributed by atoms with Gasteiger partial charge in [0, 0.05) is 38.9 Å². The number of hydrogen-bond acceptors (Lipinski definition) is 5. The number of likely N-dealkylation sites (tertiary alicyclic amines) is 2. The van der Waals surface area contributed by atoms with Crippen LogP contribution in [0.5, 0.6) is 0 Å². The fourth-order valence-electron chi connectivity index (χ4n) is 5.34. The Bertz CT molecular complexity index is 725. The molecular weight excluding hydrogens is 358 g/mol. The van der Waals surface area contributed by atoms with E-state index in [1.54, 1.807) is 13.4 Å². The van der Waals surface area contributed by atoms with E-state index in [-0.39, 0.29) is 24.5 Å². The summed E-state index contributed by atoms with van der Waals surface area (Å²) in [6.07, 6.45) is 6.01. The summed E-state index contributed by atoms with van der Waals surface area (Å²) in [6.45, 7) is 6.13. The highest BCUT2D eigenvalue weighted by atomic mass is 16.5. The topological polar surface area (TPSA) is 81.8 Å². The van der Waals surface area contributed by atoms with Gasteiger partial charge in [0.1, 0.15) is 6.61 Å². The highest BCUT2D eigenvalue weighted by molar-refractivity contribution is 5.82. The lowest BCUT2D eigenvalue weighted by Gasteiger charge is -2.50. The van der Waals surface area contributed by atoms with Gasteiger partial charge in [0.15, 0.2) is 0 Å². The molecular formula is C20H31N5O3. The molecule has 1 N–H and O–H groups in total. The summed E-state index contributed by atoms with van der Waals surface area (Å²) in [4.78, 5) is 40.0. The van der Waals surface area contributed by atoms with Crippen molar-refractivity contribution in [2.45, 2.75) is 50.6 Å². The summed E-state index contributed by atoms with van der Waals surface area (Å²) in [5.74, 6) is 0.255. The van der Waals surface area contributed by atoms with Crippen molar-refractivity contribution >= 4 is 11.8 Å². The molecule has 28 heavy (non-hydrogen) atoms. The summed E-state index contributed by atoms with van der Waals surface area (Å²) < 4.78 is 5.12. The number of carbonyl (C=O) groups excluding carboxylic acids is 2. The van der Waals surface area contributed by atoms with Crippen molar-refractivity contribution in [1.82, 2.24) is 24.7 Å². The third kappa shape index (κ3) is 3.12. The fourth-order valence-corrected chi connectivity index (χ4v) is 5.34. The van der Waals surface area contributed by atoms with Crippen LogP contribution in [-0.4, -0.2) is 89.0 Å². The Morgan fingerprint density at radius 1 is 1.29 bits per heavy atom. The van der Waals surface area contributed by atoms with E-state index in [1.807, 2.05) is 9.80 Å². The standard InChI is InChI=1S/C20H31N5O3/c1-3-23-9-4-5-16(23)19(27)24-11-7-20(8-12-24)18-15(21-14-22-18)6-10-25(20)17(26)13-28-2/h14,16H,3-13H2,1-2H3,(H,21,22)/t16-/m0/s1. The quantitative estimate of drug-likeness (QED) is 0.822. The zero-order valence-corrected chi connectivity index (χ0v) is 16.9. The number of ether oxygens (including phenoxy) is 1. The first kappa shape index (κ1) is 19.4. The van der Waals surface area contributed by atoms with Crippen molar-refractivity contribution in [3.05, 3.63) is 17.7 Å². The van der Waals surface area contributed by atoms with E-state index >= 15 is 0 Å². The van der Waals surface area contributed by atoms with Crippen molar-refractivity contribution in [2.24, 2.45) is 0 Å². The fraction of sp³-hybridized carbons (Fsp3) is 0.750. The monoisotopic (exact) mass is 389 g/mol. The Kier molecular flexibility index (Phi) is 5.42. The van der Waals surface area contributed by atoms with Crippen molar-refractivity contribution < 1.29 is 14.3 Å². The molecule has 0 bridgehead atoms. The number of methoxy groups -OCH3 is 1. The minimum atomic E-state index is -0.430. The minimum absolute atomic E-state index is 0.00359. The molecule has 2 amide bonds. The van der Waals surface area contributed by atoms with Gasteiger partial charge >= 0.3 is 0 Å². The number of piperidine rings is 1. The third-order valence-electron chi connectivity index (χ3n) is 6.79. The van der Waals surface area contributed by atoms with Gasteiger partial charge in [-0.05, 0) is 38.8 Å². The molecule has 8 heteroatoms. The van der Waals surface area contributed by atoms with Gasteiger partial charge in [0.05, 0.1) is 23.6 Å². The highest BCUT2D eigenvalue weighted by Gasteiger charge is 2.49. The molecule has 1 aromatic heterocycles. The Hall–Kier alpha value is -1.93. The molecule has 8 nitrogen and oxygen atoms in total. The number of nitrogens with zero attached hydrogens (tertiary/aromatic N) is 4. The largest absolute Gasteiger partial charge is 0.375 e. The SMILES string of the molecule is CCN1CCC[C@H]1C(=O)N1CCC2(CC1)c1nc[nH]c1CCN2C(=O)COC. The minimum Gasteiger partial charge on any atom is -0.375 e. The molecule has 2 fully saturated rings. The average molecular weight is 390 g/mol. The molecule has 3 aliphatic heterocycles. The number of aromatic nitrogens is 2. The van der Waals surface area contributed by atoms with Gasteiger partial charge in [-0.2, -0.15) is 0 Å². The van der Waals surface area contributed by atoms with Crippen LogP contribution in [0.25, 0.3) is 0 Å². The van der Waals surface area contributed by atoms with Crippen molar-refractivity contribution in [3.63, 3.8) is 0 Å². The van der Waals surface area contributed by atoms with Crippen LogP contribution in [0.1, 0.15) is 44.0 Å². The molecule has 0 aromatic carbocycles. The lowest BCUT2D eigenvalue weighted by molar-refractivity contribution is -0.148. The predicted molar refractivity (Wildman–Crippen MR) is 104 cm³/mol. The summed E-state index contributed by atoms with van der Waals surface area (Å²) >= 11 is 0. The normalized spacial score (nSPS) is 24.6. The summed E-state index contributed by atoms with van der Waals surface area (Å²) in [5.41, 5.74) is 1.67. The van der Waals surface area contributed by atoms with Crippen LogP contribution >= 0.6 is 0 Å². The predicted octanol–water partition coefficient (Wildman–Crippen LogP) is 0.743. The highest BCUT2D eigenvalue weighted by Crippen LogP contribution is 2.42. The molecule has 3 aliphatic rings. The first-order valence-electron chi connectivity index (χ1n) is 10.5. The number of imidazole rings is 1.